The Kier molecular flexibility index (Phi) is 6.53. The highest BCUT2D eigenvalue weighted by molar-refractivity contribution is 5.96. The van der Waals surface area contributed by atoms with Crippen molar-refractivity contribution in [2.24, 2.45) is 17.8 Å². The van der Waals surface area contributed by atoms with Crippen molar-refractivity contribution >= 4 is 23.3 Å². The number of nitrogens with zero attached hydrogens (tertiary/aromatic N) is 2. The van der Waals surface area contributed by atoms with Gasteiger partial charge >= 0.3 is 12.1 Å². The van der Waals surface area contributed by atoms with E-state index < -0.39 is 23.6 Å². The number of Topliss-reactive ketones (excluding diaryl/α,β-unsaturated/α-hetero) is 1. The topological polar surface area (TPSA) is 84.2 Å². The number of allylic oxidation sites excluding steroid dienone is 2. The summed E-state index contributed by atoms with van der Waals surface area (Å²) in [5.74, 6) is -2.00. The molecule has 0 amide bonds. The summed E-state index contributed by atoms with van der Waals surface area (Å²) < 4.78 is 40.1. The van der Waals surface area contributed by atoms with Gasteiger partial charge in [-0.1, -0.05) is 25.8 Å². The molecule has 0 radical (unpaired) electrons. The van der Waals surface area contributed by atoms with Gasteiger partial charge in [0.25, 0.3) is 0 Å². The zero-order valence-electron chi connectivity index (χ0n) is 18.1. The van der Waals surface area contributed by atoms with Crippen molar-refractivity contribution in [3.63, 3.8) is 0 Å². The van der Waals surface area contributed by atoms with E-state index >= 15 is 0 Å². The van der Waals surface area contributed by atoms with E-state index in [-0.39, 0.29) is 42.3 Å². The van der Waals surface area contributed by atoms with Crippen molar-refractivity contribution in [3.8, 4) is 0 Å². The molecule has 9 heteroatoms. The van der Waals surface area contributed by atoms with Crippen molar-refractivity contribution in [3.05, 3.63) is 17.8 Å². The number of aromatic nitrogens is 2. The van der Waals surface area contributed by atoms with Gasteiger partial charge in [-0.15, -0.1) is 5.10 Å². The summed E-state index contributed by atoms with van der Waals surface area (Å²) in [6.45, 7) is 5.60. The Morgan fingerprint density at radius 3 is 2.32 bits per heavy atom. The number of carbonyl (C=O) groups excluding carboxylic acids is 1. The highest BCUT2D eigenvalue weighted by Crippen LogP contribution is 2.38. The minimum absolute atomic E-state index is 0.0233. The average molecular weight is 441 g/mol. The van der Waals surface area contributed by atoms with Crippen LogP contribution in [0.1, 0.15) is 76.1 Å². The molecule has 172 valence electrons. The number of carboxylic acid groups (broad SMARTS) is 1. The van der Waals surface area contributed by atoms with Gasteiger partial charge in [0, 0.05) is 17.8 Å². The summed E-state index contributed by atoms with van der Waals surface area (Å²) >= 11 is 0. The van der Waals surface area contributed by atoms with Crippen molar-refractivity contribution in [2.45, 2.75) is 77.4 Å². The van der Waals surface area contributed by atoms with Gasteiger partial charge in [-0.25, -0.2) is 9.48 Å². The number of hydrogen-bond donors (Lipinski definition) is 2. The number of rotatable bonds is 6. The van der Waals surface area contributed by atoms with Gasteiger partial charge in [-0.3, -0.25) is 4.79 Å². The number of anilines is 1. The summed E-state index contributed by atoms with van der Waals surface area (Å²) in [5.41, 5.74) is -0.602. The zero-order valence-corrected chi connectivity index (χ0v) is 18.1. The second-order valence-corrected chi connectivity index (χ2v) is 9.42. The molecular weight excluding hydrogens is 411 g/mol. The zero-order chi connectivity index (χ0) is 23.0. The maximum atomic E-state index is 13.1. The molecule has 0 aliphatic heterocycles. The van der Waals surface area contributed by atoms with Gasteiger partial charge in [-0.2, -0.15) is 13.2 Å². The fraction of sp³-hybridized carbons (Fsp3) is 0.682. The van der Waals surface area contributed by atoms with E-state index in [4.69, 9.17) is 0 Å². The number of ketones is 1. The van der Waals surface area contributed by atoms with Crippen LogP contribution in [-0.4, -0.2) is 38.4 Å². The van der Waals surface area contributed by atoms with E-state index in [0.29, 0.717) is 11.6 Å². The van der Waals surface area contributed by atoms with Crippen molar-refractivity contribution in [1.29, 1.82) is 0 Å². The Balaban J connectivity index is 1.78. The maximum absolute atomic E-state index is 13.1. The lowest BCUT2D eigenvalue weighted by Crippen LogP contribution is -2.45. The minimum atomic E-state index is -4.24. The van der Waals surface area contributed by atoms with Crippen LogP contribution >= 0.6 is 0 Å². The molecule has 1 saturated carbocycles. The van der Waals surface area contributed by atoms with Crippen LogP contribution in [-0.2, 0) is 4.79 Å². The predicted octanol–water partition coefficient (Wildman–Crippen LogP) is 5.37. The molecule has 0 spiro atoms. The minimum Gasteiger partial charge on any atom is -0.477 e. The fourth-order valence-electron chi connectivity index (χ4n) is 4.49. The molecule has 2 aliphatic carbocycles. The number of carboxylic acids is 1. The van der Waals surface area contributed by atoms with Gasteiger partial charge in [-0.05, 0) is 51.9 Å². The molecule has 0 bridgehead atoms. The highest BCUT2D eigenvalue weighted by Gasteiger charge is 2.40. The summed E-state index contributed by atoms with van der Waals surface area (Å²) in [6.07, 6.45) is 2.06. The fourth-order valence-corrected chi connectivity index (χ4v) is 4.49. The lowest BCUT2D eigenvalue weighted by Gasteiger charge is -2.33. The van der Waals surface area contributed by atoms with Crippen LogP contribution in [0.15, 0.2) is 12.3 Å². The maximum Gasteiger partial charge on any atom is 0.392 e. The Morgan fingerprint density at radius 2 is 1.81 bits per heavy atom. The average Bonchev–Trinajstić information content (AvgIpc) is 3.11. The van der Waals surface area contributed by atoms with Crippen LogP contribution in [0.3, 0.4) is 0 Å². The molecule has 3 rings (SSSR count). The molecule has 1 aromatic rings. The van der Waals surface area contributed by atoms with E-state index in [1.807, 2.05) is 0 Å². The van der Waals surface area contributed by atoms with E-state index in [2.05, 4.69) is 17.3 Å². The molecule has 6 nitrogen and oxygen atoms in total. The van der Waals surface area contributed by atoms with Crippen molar-refractivity contribution in [1.82, 2.24) is 9.78 Å². The molecule has 2 aliphatic rings. The quantitative estimate of drug-likeness (QED) is 0.620. The summed E-state index contributed by atoms with van der Waals surface area (Å²) in [4.78, 5) is 24.8. The molecule has 0 saturated heterocycles. The van der Waals surface area contributed by atoms with Crippen LogP contribution in [0.5, 0.6) is 0 Å². The van der Waals surface area contributed by atoms with E-state index in [9.17, 15) is 27.9 Å². The van der Waals surface area contributed by atoms with Gasteiger partial charge < -0.3 is 10.4 Å². The number of aromatic carboxylic acids is 1. The number of alkyl halides is 3. The standard InChI is InChI=1S/C22H30F3N3O3/c1-13-4-6-14(7-5-13)18(29)21(2,3)26-19-17(20(30)31)12-28(27-19)16-10-8-15(9-11-16)22(23,24)25/h10,12-15H,4-9,11H2,1-3H3,(H,26,27)(H,30,31). The number of hydrogen-bond acceptors (Lipinski definition) is 4. The molecule has 1 unspecified atom stereocenters. The summed E-state index contributed by atoms with van der Waals surface area (Å²) in [6, 6.07) is 0. The third-order valence-corrected chi connectivity index (χ3v) is 6.52. The lowest BCUT2D eigenvalue weighted by atomic mass is 9.76. The van der Waals surface area contributed by atoms with Gasteiger partial charge in [0.2, 0.25) is 0 Å². The first-order valence-electron chi connectivity index (χ1n) is 10.8. The first-order chi connectivity index (χ1) is 14.4. The largest absolute Gasteiger partial charge is 0.477 e. The molecule has 31 heavy (non-hydrogen) atoms. The summed E-state index contributed by atoms with van der Waals surface area (Å²) in [5, 5.41) is 16.9. The Labute approximate surface area is 179 Å². The van der Waals surface area contributed by atoms with Crippen LogP contribution in [0.25, 0.3) is 5.70 Å². The van der Waals surface area contributed by atoms with Gasteiger partial charge in [0.15, 0.2) is 11.6 Å². The Morgan fingerprint density at radius 1 is 1.16 bits per heavy atom. The molecule has 2 N–H and O–H groups in total. The van der Waals surface area contributed by atoms with Crippen molar-refractivity contribution < 1.29 is 27.9 Å². The number of carbonyl (C=O) groups is 2. The molecular formula is C22H30F3N3O3. The smallest absolute Gasteiger partial charge is 0.392 e. The van der Waals surface area contributed by atoms with E-state index in [1.165, 1.54) is 17.0 Å². The second-order valence-electron chi connectivity index (χ2n) is 9.42. The van der Waals surface area contributed by atoms with Crippen LogP contribution in [0.4, 0.5) is 19.0 Å². The highest BCUT2D eigenvalue weighted by atomic mass is 19.4. The normalized spacial score (nSPS) is 25.1. The first kappa shape index (κ1) is 23.3. The molecule has 1 fully saturated rings. The van der Waals surface area contributed by atoms with E-state index in [0.717, 1.165) is 25.7 Å². The number of halogens is 3. The molecule has 0 aromatic carbocycles. The SMILES string of the molecule is CC1CCC(C(=O)C(C)(C)Nc2nn(C3=CCC(C(F)(F)F)CC3)cc2C(=O)O)CC1. The van der Waals surface area contributed by atoms with E-state index in [1.54, 1.807) is 13.8 Å². The lowest BCUT2D eigenvalue weighted by molar-refractivity contribution is -0.175. The number of nitrogens with one attached hydrogen (secondary N) is 1. The molecule has 1 atom stereocenters. The first-order valence-corrected chi connectivity index (χ1v) is 10.8. The third-order valence-electron chi connectivity index (χ3n) is 6.52. The Bertz CT molecular complexity index is 865. The monoisotopic (exact) mass is 441 g/mol. The predicted molar refractivity (Wildman–Crippen MR) is 111 cm³/mol. The van der Waals surface area contributed by atoms with Crippen molar-refractivity contribution in [2.75, 3.05) is 5.32 Å². The van der Waals surface area contributed by atoms with Gasteiger partial charge in [0.1, 0.15) is 5.56 Å². The van der Waals surface area contributed by atoms with Gasteiger partial charge in [0.05, 0.1) is 11.5 Å². The van der Waals surface area contributed by atoms with Crippen LogP contribution in [0.2, 0.25) is 0 Å². The molecule has 1 heterocycles. The van der Waals surface area contributed by atoms with Crippen LogP contribution in [0, 0.1) is 17.8 Å². The summed E-state index contributed by atoms with van der Waals surface area (Å²) in [7, 11) is 0. The molecule has 1 aromatic heterocycles. The van der Waals surface area contributed by atoms with Crippen LogP contribution < -0.4 is 5.32 Å². The third kappa shape index (κ3) is 5.30. The second kappa shape index (κ2) is 8.67. The Hall–Kier alpha value is -2.32.